The Morgan fingerprint density at radius 2 is 1.83 bits per heavy atom. The third-order valence-electron chi connectivity index (χ3n) is 4.44. The van der Waals surface area contributed by atoms with Crippen molar-refractivity contribution in [2.75, 3.05) is 13.1 Å². The van der Waals surface area contributed by atoms with Gasteiger partial charge in [0.25, 0.3) is 0 Å². The molecule has 1 amide bonds. The summed E-state index contributed by atoms with van der Waals surface area (Å²) in [4.78, 5) is 25.8. The summed E-state index contributed by atoms with van der Waals surface area (Å²) < 4.78 is 0. The zero-order valence-corrected chi connectivity index (χ0v) is 13.9. The summed E-state index contributed by atoms with van der Waals surface area (Å²) in [6.07, 6.45) is 1.56. The van der Waals surface area contributed by atoms with Crippen molar-refractivity contribution in [3.8, 4) is 0 Å². The van der Waals surface area contributed by atoms with E-state index in [1.165, 1.54) is 5.56 Å². The average molecular weight is 318 g/mol. The molecule has 2 rings (SSSR count). The molecule has 1 fully saturated rings. The van der Waals surface area contributed by atoms with E-state index in [2.05, 4.69) is 22.3 Å². The molecule has 0 radical (unpaired) electrons. The summed E-state index contributed by atoms with van der Waals surface area (Å²) in [7, 11) is 0. The summed E-state index contributed by atoms with van der Waals surface area (Å²) in [5.41, 5.74) is 1.28. The topological polar surface area (TPSA) is 69.6 Å². The highest BCUT2D eigenvalue weighted by atomic mass is 16.4. The highest BCUT2D eigenvalue weighted by Gasteiger charge is 2.29. The van der Waals surface area contributed by atoms with E-state index in [1.807, 2.05) is 32.0 Å². The van der Waals surface area contributed by atoms with Crippen molar-refractivity contribution in [1.29, 1.82) is 0 Å². The molecule has 5 heteroatoms. The number of rotatable bonds is 6. The van der Waals surface area contributed by atoms with E-state index < -0.39 is 12.0 Å². The highest BCUT2D eigenvalue weighted by molar-refractivity contribution is 5.85. The Kier molecular flexibility index (Phi) is 6.16. The third kappa shape index (κ3) is 5.06. The molecule has 2 N–H and O–H groups in total. The first-order valence-electron chi connectivity index (χ1n) is 8.27. The number of piperidine rings is 1. The number of carboxylic acid groups (broad SMARTS) is 1. The molecule has 1 atom stereocenters. The van der Waals surface area contributed by atoms with Crippen molar-refractivity contribution >= 4 is 11.9 Å². The first-order chi connectivity index (χ1) is 11.0. The van der Waals surface area contributed by atoms with Crippen molar-refractivity contribution in [3.63, 3.8) is 0 Å². The summed E-state index contributed by atoms with van der Waals surface area (Å²) >= 11 is 0. The number of benzene rings is 1. The Balaban J connectivity index is 1.81. The Hall–Kier alpha value is -1.88. The van der Waals surface area contributed by atoms with Gasteiger partial charge in [0.15, 0.2) is 0 Å². The van der Waals surface area contributed by atoms with E-state index in [0.29, 0.717) is 0 Å². The van der Waals surface area contributed by atoms with Crippen LogP contribution in [0.3, 0.4) is 0 Å². The van der Waals surface area contributed by atoms with Crippen LogP contribution in [0, 0.1) is 11.8 Å². The number of likely N-dealkylation sites (tertiary alicyclic amines) is 1. The zero-order chi connectivity index (χ0) is 16.8. The van der Waals surface area contributed by atoms with E-state index in [1.54, 1.807) is 0 Å². The van der Waals surface area contributed by atoms with Gasteiger partial charge >= 0.3 is 5.97 Å². The molecular formula is C18H26N2O3. The fourth-order valence-electron chi connectivity index (χ4n) is 2.98. The Morgan fingerprint density at radius 1 is 1.22 bits per heavy atom. The lowest BCUT2D eigenvalue weighted by molar-refractivity contribution is -0.144. The minimum Gasteiger partial charge on any atom is -0.480 e. The van der Waals surface area contributed by atoms with Crippen LogP contribution in [0.15, 0.2) is 30.3 Å². The van der Waals surface area contributed by atoms with Crippen molar-refractivity contribution in [1.82, 2.24) is 10.2 Å². The van der Waals surface area contributed by atoms with Crippen LogP contribution < -0.4 is 5.32 Å². The molecule has 0 spiro atoms. The number of hydrogen-bond donors (Lipinski definition) is 2. The number of carbonyl (C=O) groups excluding carboxylic acids is 1. The summed E-state index contributed by atoms with van der Waals surface area (Å²) in [6, 6.07) is 9.50. The van der Waals surface area contributed by atoms with E-state index in [4.69, 9.17) is 0 Å². The van der Waals surface area contributed by atoms with E-state index in [9.17, 15) is 14.7 Å². The smallest absolute Gasteiger partial charge is 0.326 e. The molecule has 0 saturated carbocycles. The van der Waals surface area contributed by atoms with Crippen LogP contribution in [-0.4, -0.2) is 41.0 Å². The van der Waals surface area contributed by atoms with E-state index in [-0.39, 0.29) is 17.7 Å². The third-order valence-corrected chi connectivity index (χ3v) is 4.44. The van der Waals surface area contributed by atoms with Gasteiger partial charge in [-0.3, -0.25) is 9.69 Å². The fourth-order valence-corrected chi connectivity index (χ4v) is 2.98. The van der Waals surface area contributed by atoms with Crippen LogP contribution in [0.2, 0.25) is 0 Å². The molecule has 0 aromatic heterocycles. The van der Waals surface area contributed by atoms with E-state index >= 15 is 0 Å². The predicted molar refractivity (Wildman–Crippen MR) is 88.8 cm³/mol. The maximum atomic E-state index is 12.3. The van der Waals surface area contributed by atoms with Gasteiger partial charge in [-0.25, -0.2) is 4.79 Å². The molecule has 1 heterocycles. The summed E-state index contributed by atoms with van der Waals surface area (Å²) in [5, 5.41) is 11.9. The van der Waals surface area contributed by atoms with Gasteiger partial charge in [0.05, 0.1) is 0 Å². The van der Waals surface area contributed by atoms with Crippen molar-refractivity contribution in [2.45, 2.75) is 39.3 Å². The Labute approximate surface area is 137 Å². The number of carboxylic acids is 1. The quantitative estimate of drug-likeness (QED) is 0.843. The molecule has 1 saturated heterocycles. The van der Waals surface area contributed by atoms with Gasteiger partial charge in [0.1, 0.15) is 6.04 Å². The number of amides is 1. The van der Waals surface area contributed by atoms with Gasteiger partial charge in [0, 0.05) is 12.5 Å². The lowest BCUT2D eigenvalue weighted by atomic mass is 9.94. The largest absolute Gasteiger partial charge is 0.480 e. The molecule has 23 heavy (non-hydrogen) atoms. The number of nitrogens with zero attached hydrogens (tertiary/aromatic N) is 1. The lowest BCUT2D eigenvalue weighted by Crippen LogP contribution is -2.48. The number of hydrogen-bond acceptors (Lipinski definition) is 3. The molecule has 1 aromatic carbocycles. The van der Waals surface area contributed by atoms with E-state index in [0.717, 1.165) is 32.5 Å². The van der Waals surface area contributed by atoms with Gasteiger partial charge < -0.3 is 10.4 Å². The average Bonchev–Trinajstić information content (AvgIpc) is 2.53. The summed E-state index contributed by atoms with van der Waals surface area (Å²) in [5.74, 6) is -1.28. The molecule has 0 aliphatic carbocycles. The number of carbonyl (C=O) groups is 2. The van der Waals surface area contributed by atoms with Crippen molar-refractivity contribution in [3.05, 3.63) is 35.9 Å². The maximum absolute atomic E-state index is 12.3. The monoisotopic (exact) mass is 318 g/mol. The second-order valence-corrected chi connectivity index (χ2v) is 6.60. The normalized spacial score (nSPS) is 17.9. The van der Waals surface area contributed by atoms with Gasteiger partial charge in [-0.15, -0.1) is 0 Å². The Morgan fingerprint density at radius 3 is 2.35 bits per heavy atom. The van der Waals surface area contributed by atoms with Gasteiger partial charge in [-0.05, 0) is 37.4 Å². The minimum absolute atomic E-state index is 0.0809. The first kappa shape index (κ1) is 17.5. The predicted octanol–water partition coefficient (Wildman–Crippen LogP) is 2.12. The van der Waals surface area contributed by atoms with Crippen LogP contribution in [0.5, 0.6) is 0 Å². The standard InChI is InChI=1S/C18H26N2O3/c1-13(2)16(18(22)23)19-17(21)15-8-10-20(11-9-15)12-14-6-4-3-5-7-14/h3-7,13,15-16H,8-12H2,1-2H3,(H,19,21)(H,22,23)/t16-/m1/s1. The maximum Gasteiger partial charge on any atom is 0.326 e. The summed E-state index contributed by atoms with van der Waals surface area (Å²) in [6.45, 7) is 6.25. The molecule has 0 bridgehead atoms. The SMILES string of the molecule is CC(C)[C@@H](NC(=O)C1CCN(Cc2ccccc2)CC1)C(=O)O. The van der Waals surface area contributed by atoms with Crippen LogP contribution in [0.1, 0.15) is 32.3 Å². The van der Waals surface area contributed by atoms with Gasteiger partial charge in [-0.1, -0.05) is 44.2 Å². The second kappa shape index (κ2) is 8.11. The Bertz CT molecular complexity index is 522. The molecule has 5 nitrogen and oxygen atoms in total. The zero-order valence-electron chi connectivity index (χ0n) is 13.9. The van der Waals surface area contributed by atoms with Crippen LogP contribution in [0.25, 0.3) is 0 Å². The minimum atomic E-state index is -0.963. The molecule has 1 aliphatic heterocycles. The molecular weight excluding hydrogens is 292 g/mol. The van der Waals surface area contributed by atoms with Crippen molar-refractivity contribution < 1.29 is 14.7 Å². The number of nitrogens with one attached hydrogen (secondary N) is 1. The molecule has 1 aromatic rings. The lowest BCUT2D eigenvalue weighted by Gasteiger charge is -2.32. The van der Waals surface area contributed by atoms with Crippen LogP contribution in [-0.2, 0) is 16.1 Å². The molecule has 1 aliphatic rings. The van der Waals surface area contributed by atoms with Crippen LogP contribution in [0.4, 0.5) is 0 Å². The molecule has 0 unspecified atom stereocenters. The first-order valence-corrected chi connectivity index (χ1v) is 8.27. The molecule has 126 valence electrons. The highest BCUT2D eigenvalue weighted by Crippen LogP contribution is 2.20. The van der Waals surface area contributed by atoms with Gasteiger partial charge in [0.2, 0.25) is 5.91 Å². The van der Waals surface area contributed by atoms with Crippen molar-refractivity contribution in [2.24, 2.45) is 11.8 Å². The van der Waals surface area contributed by atoms with Gasteiger partial charge in [-0.2, -0.15) is 0 Å². The van der Waals surface area contributed by atoms with Crippen LogP contribution >= 0.6 is 0 Å². The number of aliphatic carboxylic acids is 1. The second-order valence-electron chi connectivity index (χ2n) is 6.60. The fraction of sp³-hybridized carbons (Fsp3) is 0.556.